The lowest BCUT2D eigenvalue weighted by atomic mass is 10.0. The van der Waals surface area contributed by atoms with Crippen molar-refractivity contribution < 1.29 is 4.79 Å². The summed E-state index contributed by atoms with van der Waals surface area (Å²) in [5, 5.41) is 7.12. The molecule has 1 N–H and O–H groups in total. The van der Waals surface area contributed by atoms with E-state index in [-0.39, 0.29) is 11.9 Å². The highest BCUT2D eigenvalue weighted by molar-refractivity contribution is 5.92. The first-order valence-corrected chi connectivity index (χ1v) is 9.78. The van der Waals surface area contributed by atoms with Gasteiger partial charge in [-0.3, -0.25) is 4.79 Å². The molecule has 5 nitrogen and oxygen atoms in total. The van der Waals surface area contributed by atoms with Crippen molar-refractivity contribution in [3.05, 3.63) is 109 Å². The Labute approximate surface area is 175 Å². The fourth-order valence-corrected chi connectivity index (χ4v) is 3.23. The van der Waals surface area contributed by atoms with E-state index in [1.807, 2.05) is 67.6 Å². The molecule has 0 aliphatic heterocycles. The van der Waals surface area contributed by atoms with Crippen LogP contribution in [0.4, 0.5) is 0 Å². The van der Waals surface area contributed by atoms with Crippen molar-refractivity contribution in [1.82, 2.24) is 20.1 Å². The van der Waals surface area contributed by atoms with Gasteiger partial charge in [-0.05, 0) is 53.5 Å². The Morgan fingerprint density at radius 2 is 1.73 bits per heavy atom. The first-order chi connectivity index (χ1) is 14.7. The second-order valence-electron chi connectivity index (χ2n) is 6.99. The Balaban J connectivity index is 1.39. The number of aromatic nitrogens is 3. The second-order valence-corrected chi connectivity index (χ2v) is 6.99. The van der Waals surface area contributed by atoms with E-state index in [0.29, 0.717) is 0 Å². The number of benzene rings is 3. The van der Waals surface area contributed by atoms with Crippen LogP contribution < -0.4 is 5.32 Å². The molecule has 0 aliphatic rings. The standard InChI is InChI=1S/C25H22N4O/c1-19(21-11-13-24(14-12-21)29-18-26-17-27-29)28-25(30)15-10-20-6-5-9-23(16-20)22-7-3-2-4-8-22/h2-19H,1H3,(H,28,30)/b15-10+. The minimum atomic E-state index is -0.132. The van der Waals surface area contributed by atoms with E-state index in [1.165, 1.54) is 6.33 Å². The van der Waals surface area contributed by atoms with Gasteiger partial charge in [-0.25, -0.2) is 9.67 Å². The van der Waals surface area contributed by atoms with E-state index in [2.05, 4.69) is 39.7 Å². The molecule has 1 heterocycles. The fourth-order valence-electron chi connectivity index (χ4n) is 3.23. The monoisotopic (exact) mass is 394 g/mol. The number of carbonyl (C=O) groups is 1. The van der Waals surface area contributed by atoms with Gasteiger partial charge in [0.2, 0.25) is 5.91 Å². The molecule has 0 saturated heterocycles. The maximum atomic E-state index is 12.4. The number of nitrogens with one attached hydrogen (secondary N) is 1. The molecule has 4 aromatic rings. The van der Waals surface area contributed by atoms with Crippen LogP contribution in [0.1, 0.15) is 24.1 Å². The molecule has 148 valence electrons. The van der Waals surface area contributed by atoms with E-state index in [0.717, 1.165) is 27.9 Å². The summed E-state index contributed by atoms with van der Waals surface area (Å²) in [5.41, 5.74) is 5.20. The molecule has 30 heavy (non-hydrogen) atoms. The Hall–Kier alpha value is -3.99. The fraction of sp³-hybridized carbons (Fsp3) is 0.0800. The zero-order valence-corrected chi connectivity index (χ0v) is 16.6. The lowest BCUT2D eigenvalue weighted by molar-refractivity contribution is -0.117. The molecule has 0 aliphatic carbocycles. The van der Waals surface area contributed by atoms with E-state index < -0.39 is 0 Å². The molecule has 1 amide bonds. The molecule has 1 atom stereocenters. The van der Waals surface area contributed by atoms with Crippen molar-refractivity contribution in [3.8, 4) is 16.8 Å². The summed E-state index contributed by atoms with van der Waals surface area (Å²) in [5.74, 6) is -0.132. The molecule has 4 rings (SSSR count). The average molecular weight is 394 g/mol. The molecule has 1 aromatic heterocycles. The Morgan fingerprint density at radius 1 is 0.967 bits per heavy atom. The maximum Gasteiger partial charge on any atom is 0.244 e. The molecule has 0 fully saturated rings. The van der Waals surface area contributed by atoms with E-state index in [4.69, 9.17) is 0 Å². The smallest absolute Gasteiger partial charge is 0.244 e. The number of hydrogen-bond acceptors (Lipinski definition) is 3. The van der Waals surface area contributed by atoms with Gasteiger partial charge in [-0.1, -0.05) is 60.7 Å². The molecular formula is C25H22N4O. The van der Waals surface area contributed by atoms with Gasteiger partial charge in [0.25, 0.3) is 0 Å². The first-order valence-electron chi connectivity index (χ1n) is 9.78. The zero-order chi connectivity index (χ0) is 20.8. The van der Waals surface area contributed by atoms with Crippen molar-refractivity contribution >= 4 is 12.0 Å². The molecule has 1 unspecified atom stereocenters. The quantitative estimate of drug-likeness (QED) is 0.477. The normalized spacial score (nSPS) is 12.0. The van der Waals surface area contributed by atoms with E-state index in [9.17, 15) is 4.79 Å². The minimum Gasteiger partial charge on any atom is -0.346 e. The summed E-state index contributed by atoms with van der Waals surface area (Å²) in [4.78, 5) is 16.3. The van der Waals surface area contributed by atoms with Gasteiger partial charge in [-0.15, -0.1) is 0 Å². The highest BCUT2D eigenvalue weighted by Gasteiger charge is 2.08. The van der Waals surface area contributed by atoms with Gasteiger partial charge < -0.3 is 5.32 Å². The van der Waals surface area contributed by atoms with Crippen LogP contribution in [0.2, 0.25) is 0 Å². The van der Waals surface area contributed by atoms with Crippen LogP contribution in [-0.4, -0.2) is 20.7 Å². The van der Waals surface area contributed by atoms with Gasteiger partial charge in [-0.2, -0.15) is 5.10 Å². The highest BCUT2D eigenvalue weighted by Crippen LogP contribution is 2.20. The van der Waals surface area contributed by atoms with Gasteiger partial charge in [0.1, 0.15) is 12.7 Å². The topological polar surface area (TPSA) is 59.8 Å². The number of hydrogen-bond donors (Lipinski definition) is 1. The highest BCUT2D eigenvalue weighted by atomic mass is 16.1. The van der Waals surface area contributed by atoms with Crippen molar-refractivity contribution in [2.24, 2.45) is 0 Å². The Bertz CT molecular complexity index is 1130. The Morgan fingerprint density at radius 3 is 2.47 bits per heavy atom. The van der Waals surface area contributed by atoms with Crippen LogP contribution in [-0.2, 0) is 4.79 Å². The maximum absolute atomic E-state index is 12.4. The molecular weight excluding hydrogens is 372 g/mol. The van der Waals surface area contributed by atoms with E-state index >= 15 is 0 Å². The molecule has 0 spiro atoms. The molecule has 0 radical (unpaired) electrons. The van der Waals surface area contributed by atoms with Crippen LogP contribution >= 0.6 is 0 Å². The third kappa shape index (κ3) is 4.70. The summed E-state index contributed by atoms with van der Waals surface area (Å²) >= 11 is 0. The summed E-state index contributed by atoms with van der Waals surface area (Å²) in [7, 11) is 0. The average Bonchev–Trinajstić information content (AvgIpc) is 3.34. The largest absolute Gasteiger partial charge is 0.346 e. The van der Waals surface area contributed by atoms with Crippen molar-refractivity contribution in [3.63, 3.8) is 0 Å². The molecule has 3 aromatic carbocycles. The van der Waals surface area contributed by atoms with Gasteiger partial charge >= 0.3 is 0 Å². The van der Waals surface area contributed by atoms with Crippen LogP contribution in [0.5, 0.6) is 0 Å². The lowest BCUT2D eigenvalue weighted by Gasteiger charge is -2.13. The summed E-state index contributed by atoms with van der Waals surface area (Å²) in [6.45, 7) is 1.96. The number of rotatable bonds is 6. The molecule has 0 saturated carbocycles. The second kappa shape index (κ2) is 9.01. The van der Waals surface area contributed by atoms with Crippen LogP contribution in [0.15, 0.2) is 97.6 Å². The third-order valence-corrected chi connectivity index (χ3v) is 4.86. The van der Waals surface area contributed by atoms with Gasteiger partial charge in [0.05, 0.1) is 11.7 Å². The summed E-state index contributed by atoms with van der Waals surface area (Å²) in [6, 6.07) is 26.1. The van der Waals surface area contributed by atoms with Crippen LogP contribution in [0.25, 0.3) is 22.9 Å². The summed E-state index contributed by atoms with van der Waals surface area (Å²) < 4.78 is 1.69. The zero-order valence-electron chi connectivity index (χ0n) is 16.6. The molecule has 5 heteroatoms. The van der Waals surface area contributed by atoms with Crippen molar-refractivity contribution in [2.75, 3.05) is 0 Å². The first kappa shape index (κ1) is 19.3. The predicted octanol–water partition coefficient (Wildman–Crippen LogP) is 4.82. The van der Waals surface area contributed by atoms with E-state index in [1.54, 1.807) is 17.1 Å². The van der Waals surface area contributed by atoms with Crippen LogP contribution in [0, 0.1) is 0 Å². The Kier molecular flexibility index (Phi) is 5.80. The number of amides is 1. The predicted molar refractivity (Wildman–Crippen MR) is 119 cm³/mol. The van der Waals surface area contributed by atoms with Crippen molar-refractivity contribution in [2.45, 2.75) is 13.0 Å². The molecule has 0 bridgehead atoms. The summed E-state index contributed by atoms with van der Waals surface area (Å²) in [6.07, 6.45) is 6.56. The van der Waals surface area contributed by atoms with Gasteiger partial charge in [0.15, 0.2) is 0 Å². The minimum absolute atomic E-state index is 0.109. The number of nitrogens with zero attached hydrogens (tertiary/aromatic N) is 3. The van der Waals surface area contributed by atoms with Gasteiger partial charge in [0, 0.05) is 6.08 Å². The van der Waals surface area contributed by atoms with Crippen molar-refractivity contribution in [1.29, 1.82) is 0 Å². The lowest BCUT2D eigenvalue weighted by Crippen LogP contribution is -2.24. The third-order valence-electron chi connectivity index (χ3n) is 4.86. The number of carbonyl (C=O) groups excluding carboxylic acids is 1. The SMILES string of the molecule is CC(NC(=O)/C=C/c1cccc(-c2ccccc2)c1)c1ccc(-n2cncn2)cc1. The van der Waals surface area contributed by atoms with Crippen LogP contribution in [0.3, 0.4) is 0 Å².